The van der Waals surface area contributed by atoms with Gasteiger partial charge in [-0.15, -0.1) is 0 Å². The normalized spacial score (nSPS) is 19.1. The summed E-state index contributed by atoms with van der Waals surface area (Å²) >= 11 is 0. The van der Waals surface area contributed by atoms with Gasteiger partial charge in [0.2, 0.25) is 0 Å². The zero-order chi connectivity index (χ0) is 9.84. The van der Waals surface area contributed by atoms with Gasteiger partial charge in [0, 0.05) is 12.6 Å². The molecule has 1 unspecified atom stereocenters. The molecule has 0 radical (unpaired) electrons. The van der Waals surface area contributed by atoms with E-state index in [2.05, 4.69) is 25.5 Å². The highest BCUT2D eigenvalue weighted by Crippen LogP contribution is 2.32. The van der Waals surface area contributed by atoms with E-state index in [-0.39, 0.29) is 0 Å². The number of nitrogens with zero attached hydrogens (tertiary/aromatic N) is 1. The summed E-state index contributed by atoms with van der Waals surface area (Å²) in [6, 6.07) is 0.438. The second-order valence-corrected chi connectivity index (χ2v) is 4.48. The van der Waals surface area contributed by atoms with Gasteiger partial charge in [-0.25, -0.2) is 0 Å². The lowest BCUT2D eigenvalue weighted by molar-refractivity contribution is 0.335. The van der Waals surface area contributed by atoms with E-state index in [1.807, 2.05) is 0 Å². The summed E-state index contributed by atoms with van der Waals surface area (Å²) in [5.74, 6) is 0.832. The van der Waals surface area contributed by atoms with Crippen molar-refractivity contribution in [2.24, 2.45) is 11.7 Å². The van der Waals surface area contributed by atoms with Crippen LogP contribution in [0, 0.1) is 5.92 Å². The molecule has 0 saturated heterocycles. The first kappa shape index (κ1) is 10.7. The van der Waals surface area contributed by atoms with Crippen molar-refractivity contribution < 1.29 is 0 Å². The fourth-order valence-electron chi connectivity index (χ4n) is 1.67. The van der Waals surface area contributed by atoms with E-state index < -0.39 is 0 Å². The number of nitrogens with two attached hydrogens (primary N) is 1. The molecule has 0 aromatic carbocycles. The Morgan fingerprint density at radius 1 is 1.62 bits per heavy atom. The second-order valence-electron chi connectivity index (χ2n) is 4.48. The molecule has 2 heteroatoms. The highest BCUT2D eigenvalue weighted by molar-refractivity contribution is 4.91. The third kappa shape index (κ3) is 4.44. The fraction of sp³-hybridized carbons (Fsp3) is 0.818. The lowest BCUT2D eigenvalue weighted by Crippen LogP contribution is -2.30. The summed E-state index contributed by atoms with van der Waals surface area (Å²) in [7, 11) is 2.13. The monoisotopic (exact) mass is 182 g/mol. The zero-order valence-corrected chi connectivity index (χ0v) is 8.92. The molecule has 0 bridgehead atoms. The minimum Gasteiger partial charge on any atom is -0.327 e. The van der Waals surface area contributed by atoms with Crippen LogP contribution < -0.4 is 5.73 Å². The Balaban J connectivity index is 2.06. The van der Waals surface area contributed by atoms with Crippen LogP contribution in [-0.2, 0) is 0 Å². The van der Waals surface area contributed by atoms with Gasteiger partial charge in [-0.3, -0.25) is 0 Å². The first-order chi connectivity index (χ1) is 6.09. The molecule has 1 fully saturated rings. The summed E-state index contributed by atoms with van der Waals surface area (Å²) in [6.45, 7) is 8.06. The van der Waals surface area contributed by atoms with E-state index >= 15 is 0 Å². The van der Waals surface area contributed by atoms with Crippen LogP contribution in [-0.4, -0.2) is 31.1 Å². The van der Waals surface area contributed by atoms with E-state index in [1.165, 1.54) is 18.4 Å². The maximum Gasteiger partial charge on any atom is 0.0184 e. The maximum absolute atomic E-state index is 6.01. The Morgan fingerprint density at radius 2 is 2.23 bits per heavy atom. The summed E-state index contributed by atoms with van der Waals surface area (Å²) in [6.07, 6.45) is 3.84. The fourth-order valence-corrected chi connectivity index (χ4v) is 1.67. The molecule has 0 aliphatic heterocycles. The molecule has 1 atom stereocenters. The Bertz CT molecular complexity index is 173. The van der Waals surface area contributed by atoms with Gasteiger partial charge < -0.3 is 10.6 Å². The van der Waals surface area contributed by atoms with Crippen LogP contribution >= 0.6 is 0 Å². The Labute approximate surface area is 81.8 Å². The van der Waals surface area contributed by atoms with Crippen molar-refractivity contribution in [3.05, 3.63) is 12.2 Å². The van der Waals surface area contributed by atoms with Gasteiger partial charge in [-0.1, -0.05) is 12.2 Å². The molecule has 0 spiro atoms. The van der Waals surface area contributed by atoms with Crippen molar-refractivity contribution in [3.63, 3.8) is 0 Å². The molecule has 0 aromatic heterocycles. The SMILES string of the molecule is C=C(C)CN(C)CCC(N)C1CC1. The van der Waals surface area contributed by atoms with E-state index in [0.717, 1.165) is 25.4 Å². The minimum atomic E-state index is 0.438. The Morgan fingerprint density at radius 3 is 2.69 bits per heavy atom. The first-order valence-corrected chi connectivity index (χ1v) is 5.18. The average molecular weight is 182 g/mol. The maximum atomic E-state index is 6.01. The van der Waals surface area contributed by atoms with Crippen LogP contribution in [0.15, 0.2) is 12.2 Å². The van der Waals surface area contributed by atoms with Crippen LogP contribution in [0.2, 0.25) is 0 Å². The number of likely N-dealkylation sites (N-methyl/N-ethyl adjacent to an activating group) is 1. The van der Waals surface area contributed by atoms with Crippen LogP contribution in [0.4, 0.5) is 0 Å². The smallest absolute Gasteiger partial charge is 0.0184 e. The van der Waals surface area contributed by atoms with Crippen molar-refractivity contribution in [1.29, 1.82) is 0 Å². The molecule has 0 heterocycles. The van der Waals surface area contributed by atoms with Gasteiger partial charge in [-0.2, -0.15) is 0 Å². The minimum absolute atomic E-state index is 0.438. The molecule has 13 heavy (non-hydrogen) atoms. The third-order valence-corrected chi connectivity index (χ3v) is 2.61. The summed E-state index contributed by atoms with van der Waals surface area (Å²) in [5, 5.41) is 0. The van der Waals surface area contributed by atoms with Crippen LogP contribution in [0.1, 0.15) is 26.2 Å². The standard InChI is InChI=1S/C11H22N2/c1-9(2)8-13(3)7-6-11(12)10-4-5-10/h10-11H,1,4-8,12H2,2-3H3. The van der Waals surface area contributed by atoms with Crippen molar-refractivity contribution in [3.8, 4) is 0 Å². The molecule has 2 nitrogen and oxygen atoms in total. The molecule has 2 N–H and O–H groups in total. The van der Waals surface area contributed by atoms with Gasteiger partial charge in [0.05, 0.1) is 0 Å². The number of rotatable bonds is 6. The van der Waals surface area contributed by atoms with Gasteiger partial charge in [-0.05, 0) is 45.7 Å². The second kappa shape index (κ2) is 4.77. The highest BCUT2D eigenvalue weighted by Gasteiger charge is 2.27. The molecule has 1 rings (SSSR count). The van der Waals surface area contributed by atoms with E-state index in [1.54, 1.807) is 0 Å². The molecular weight excluding hydrogens is 160 g/mol. The predicted octanol–water partition coefficient (Wildman–Crippen LogP) is 1.62. The number of hydrogen-bond acceptors (Lipinski definition) is 2. The zero-order valence-electron chi connectivity index (χ0n) is 8.92. The highest BCUT2D eigenvalue weighted by atomic mass is 15.1. The van der Waals surface area contributed by atoms with Gasteiger partial charge in [0.25, 0.3) is 0 Å². The van der Waals surface area contributed by atoms with E-state index in [4.69, 9.17) is 5.73 Å². The molecule has 1 aliphatic carbocycles. The van der Waals surface area contributed by atoms with Crippen molar-refractivity contribution in [1.82, 2.24) is 4.90 Å². The van der Waals surface area contributed by atoms with Gasteiger partial charge in [0.1, 0.15) is 0 Å². The van der Waals surface area contributed by atoms with E-state index in [9.17, 15) is 0 Å². The molecule has 0 amide bonds. The first-order valence-electron chi connectivity index (χ1n) is 5.18. The lowest BCUT2D eigenvalue weighted by atomic mass is 10.1. The molecule has 1 saturated carbocycles. The molecule has 1 aliphatic rings. The van der Waals surface area contributed by atoms with Crippen LogP contribution in [0.3, 0.4) is 0 Å². The number of hydrogen-bond donors (Lipinski definition) is 1. The van der Waals surface area contributed by atoms with E-state index in [0.29, 0.717) is 6.04 Å². The quantitative estimate of drug-likeness (QED) is 0.632. The summed E-state index contributed by atoms with van der Waals surface area (Å²) in [5.41, 5.74) is 7.23. The Kier molecular flexibility index (Phi) is 3.94. The van der Waals surface area contributed by atoms with Crippen LogP contribution in [0.25, 0.3) is 0 Å². The molecule has 0 aromatic rings. The summed E-state index contributed by atoms with van der Waals surface area (Å²) in [4.78, 5) is 2.30. The van der Waals surface area contributed by atoms with Crippen LogP contribution in [0.5, 0.6) is 0 Å². The largest absolute Gasteiger partial charge is 0.327 e. The molecular formula is C11H22N2. The van der Waals surface area contributed by atoms with Crippen molar-refractivity contribution >= 4 is 0 Å². The third-order valence-electron chi connectivity index (χ3n) is 2.61. The van der Waals surface area contributed by atoms with Crippen molar-refractivity contribution in [2.45, 2.75) is 32.2 Å². The summed E-state index contributed by atoms with van der Waals surface area (Å²) < 4.78 is 0. The average Bonchev–Trinajstić information content (AvgIpc) is 2.80. The van der Waals surface area contributed by atoms with Crippen molar-refractivity contribution in [2.75, 3.05) is 20.1 Å². The lowest BCUT2D eigenvalue weighted by Gasteiger charge is -2.18. The molecule has 76 valence electrons. The Hall–Kier alpha value is -0.340. The topological polar surface area (TPSA) is 29.3 Å². The van der Waals surface area contributed by atoms with Gasteiger partial charge >= 0.3 is 0 Å². The predicted molar refractivity (Wildman–Crippen MR) is 57.6 cm³/mol. The van der Waals surface area contributed by atoms with Gasteiger partial charge in [0.15, 0.2) is 0 Å².